The van der Waals surface area contributed by atoms with Crippen molar-refractivity contribution in [2.24, 2.45) is 10.2 Å². The standard InChI is InChI=1S/C12H15N3O2S/c1-2-3-6-10-11(16)14-12(18-10)15-13-8-9-5-4-7-17-9/h4-5,7-8,10H,2-3,6H2,1H3,(H,14,15,16)/b13-8-/t10-/m0/s1. The van der Waals surface area contributed by atoms with Crippen LogP contribution in [0, 0.1) is 0 Å². The van der Waals surface area contributed by atoms with Crippen molar-refractivity contribution in [1.29, 1.82) is 0 Å². The van der Waals surface area contributed by atoms with Crippen LogP contribution in [0.15, 0.2) is 33.0 Å². The fourth-order valence-corrected chi connectivity index (χ4v) is 2.51. The lowest BCUT2D eigenvalue weighted by atomic mass is 10.2. The lowest BCUT2D eigenvalue weighted by Crippen LogP contribution is -2.24. The Morgan fingerprint density at radius 3 is 3.22 bits per heavy atom. The maximum Gasteiger partial charge on any atom is 0.239 e. The molecule has 0 unspecified atom stereocenters. The van der Waals surface area contributed by atoms with Crippen molar-refractivity contribution in [3.8, 4) is 0 Å². The van der Waals surface area contributed by atoms with Crippen molar-refractivity contribution in [3.05, 3.63) is 24.2 Å². The zero-order valence-corrected chi connectivity index (χ0v) is 10.9. The summed E-state index contributed by atoms with van der Waals surface area (Å²) in [5.74, 6) is 0.664. The normalized spacial score (nSPS) is 21.9. The highest BCUT2D eigenvalue weighted by atomic mass is 32.2. The number of nitrogens with one attached hydrogen (secondary N) is 1. The molecule has 1 saturated heterocycles. The van der Waals surface area contributed by atoms with Crippen LogP contribution in [-0.4, -0.2) is 22.5 Å². The van der Waals surface area contributed by atoms with E-state index in [1.54, 1.807) is 18.4 Å². The largest absolute Gasteiger partial charge is 0.463 e. The van der Waals surface area contributed by atoms with Crippen LogP contribution >= 0.6 is 11.8 Å². The maximum atomic E-state index is 11.6. The van der Waals surface area contributed by atoms with Crippen LogP contribution < -0.4 is 5.32 Å². The number of thioether (sulfide) groups is 1. The Bertz CT molecular complexity index is 454. The lowest BCUT2D eigenvalue weighted by Gasteiger charge is -2.01. The number of unbranched alkanes of at least 4 members (excludes halogenated alkanes) is 1. The first-order chi connectivity index (χ1) is 8.79. The van der Waals surface area contributed by atoms with Crippen LogP contribution in [0.4, 0.5) is 0 Å². The third kappa shape index (κ3) is 3.46. The van der Waals surface area contributed by atoms with Gasteiger partial charge in [-0.1, -0.05) is 31.5 Å². The second kappa shape index (κ2) is 6.39. The molecule has 1 aromatic heterocycles. The Morgan fingerprint density at radius 1 is 1.61 bits per heavy atom. The molecule has 0 aromatic carbocycles. The van der Waals surface area contributed by atoms with E-state index in [0.717, 1.165) is 19.3 Å². The predicted molar refractivity (Wildman–Crippen MR) is 72.8 cm³/mol. The van der Waals surface area contributed by atoms with Crippen LogP contribution in [0.25, 0.3) is 0 Å². The van der Waals surface area contributed by atoms with Gasteiger partial charge >= 0.3 is 0 Å². The van der Waals surface area contributed by atoms with Crippen molar-refractivity contribution < 1.29 is 9.21 Å². The fourth-order valence-electron chi connectivity index (χ4n) is 1.53. The summed E-state index contributed by atoms with van der Waals surface area (Å²) in [7, 11) is 0. The van der Waals surface area contributed by atoms with E-state index in [4.69, 9.17) is 4.42 Å². The quantitative estimate of drug-likeness (QED) is 0.656. The Kier molecular flexibility index (Phi) is 4.58. The summed E-state index contributed by atoms with van der Waals surface area (Å²) in [4.78, 5) is 11.6. The minimum Gasteiger partial charge on any atom is -0.463 e. The molecule has 0 saturated carbocycles. The van der Waals surface area contributed by atoms with Crippen LogP contribution in [0.1, 0.15) is 31.9 Å². The monoisotopic (exact) mass is 265 g/mol. The third-order valence-electron chi connectivity index (χ3n) is 2.47. The zero-order chi connectivity index (χ0) is 12.8. The molecule has 1 fully saturated rings. The number of hydrogen-bond donors (Lipinski definition) is 1. The van der Waals surface area contributed by atoms with E-state index >= 15 is 0 Å². The van der Waals surface area contributed by atoms with Crippen molar-refractivity contribution in [1.82, 2.24) is 5.32 Å². The summed E-state index contributed by atoms with van der Waals surface area (Å²) in [6.07, 6.45) is 6.11. The molecular weight excluding hydrogens is 250 g/mol. The SMILES string of the molecule is CCCC[C@@H]1S/C(=N\N=C/c2ccco2)NC1=O. The van der Waals surface area contributed by atoms with E-state index in [0.29, 0.717) is 10.9 Å². The van der Waals surface area contributed by atoms with Crippen LogP contribution in [0.2, 0.25) is 0 Å². The van der Waals surface area contributed by atoms with Gasteiger partial charge in [0.25, 0.3) is 0 Å². The molecular formula is C12H15N3O2S. The van der Waals surface area contributed by atoms with Crippen LogP contribution in [0.5, 0.6) is 0 Å². The van der Waals surface area contributed by atoms with Crippen LogP contribution in [0.3, 0.4) is 0 Å². The Hall–Kier alpha value is -1.56. The molecule has 1 amide bonds. The van der Waals surface area contributed by atoms with E-state index < -0.39 is 0 Å². The zero-order valence-electron chi connectivity index (χ0n) is 10.1. The van der Waals surface area contributed by atoms with Gasteiger partial charge in [-0.3, -0.25) is 4.79 Å². The van der Waals surface area contributed by atoms with E-state index in [1.165, 1.54) is 18.0 Å². The van der Waals surface area contributed by atoms with Gasteiger partial charge in [-0.25, -0.2) is 0 Å². The van der Waals surface area contributed by atoms with E-state index in [-0.39, 0.29) is 11.2 Å². The molecule has 2 heterocycles. The molecule has 1 aromatic rings. The highest BCUT2D eigenvalue weighted by molar-refractivity contribution is 8.15. The summed E-state index contributed by atoms with van der Waals surface area (Å²) >= 11 is 1.44. The molecule has 96 valence electrons. The number of nitrogens with zero attached hydrogens (tertiary/aromatic N) is 2. The maximum absolute atomic E-state index is 11.6. The molecule has 18 heavy (non-hydrogen) atoms. The van der Waals surface area contributed by atoms with Gasteiger partial charge in [0.1, 0.15) is 5.76 Å². The van der Waals surface area contributed by atoms with Crippen LogP contribution in [-0.2, 0) is 4.79 Å². The summed E-state index contributed by atoms with van der Waals surface area (Å²) in [6.45, 7) is 2.11. The molecule has 5 nitrogen and oxygen atoms in total. The lowest BCUT2D eigenvalue weighted by molar-refractivity contribution is -0.118. The molecule has 1 aliphatic heterocycles. The van der Waals surface area contributed by atoms with Gasteiger partial charge in [-0.05, 0) is 18.6 Å². The number of carbonyl (C=O) groups excluding carboxylic acids is 1. The van der Waals surface area contributed by atoms with Gasteiger partial charge in [-0.2, -0.15) is 5.10 Å². The highest BCUT2D eigenvalue weighted by Gasteiger charge is 2.29. The van der Waals surface area contributed by atoms with Gasteiger partial charge in [-0.15, -0.1) is 5.10 Å². The first kappa shape index (κ1) is 12.9. The fraction of sp³-hybridized carbons (Fsp3) is 0.417. The molecule has 1 N–H and O–H groups in total. The van der Waals surface area contributed by atoms with Gasteiger partial charge in [0.15, 0.2) is 5.17 Å². The average molecular weight is 265 g/mol. The Labute approximate surface area is 110 Å². The number of rotatable bonds is 5. The van der Waals surface area contributed by atoms with Crippen molar-refractivity contribution >= 4 is 29.1 Å². The second-order valence-corrected chi connectivity index (χ2v) is 5.09. The summed E-state index contributed by atoms with van der Waals surface area (Å²) in [5, 5.41) is 11.1. The number of amides is 1. The van der Waals surface area contributed by atoms with Crippen molar-refractivity contribution in [2.75, 3.05) is 0 Å². The van der Waals surface area contributed by atoms with Crippen molar-refractivity contribution in [3.63, 3.8) is 0 Å². The molecule has 0 spiro atoms. The summed E-state index contributed by atoms with van der Waals surface area (Å²) in [5.41, 5.74) is 0. The summed E-state index contributed by atoms with van der Waals surface area (Å²) in [6, 6.07) is 3.56. The molecule has 2 rings (SSSR count). The molecule has 0 aliphatic carbocycles. The molecule has 0 radical (unpaired) electrons. The predicted octanol–water partition coefficient (Wildman–Crippen LogP) is 2.39. The summed E-state index contributed by atoms with van der Waals surface area (Å²) < 4.78 is 5.08. The second-order valence-electron chi connectivity index (χ2n) is 3.90. The van der Waals surface area contributed by atoms with E-state index in [2.05, 4.69) is 22.4 Å². The average Bonchev–Trinajstić information content (AvgIpc) is 2.97. The molecule has 1 atom stereocenters. The highest BCUT2D eigenvalue weighted by Crippen LogP contribution is 2.23. The van der Waals surface area contributed by atoms with E-state index in [1.807, 2.05) is 0 Å². The van der Waals surface area contributed by atoms with Gasteiger partial charge < -0.3 is 9.73 Å². The first-order valence-corrected chi connectivity index (χ1v) is 6.79. The third-order valence-corrected chi connectivity index (χ3v) is 3.61. The smallest absolute Gasteiger partial charge is 0.239 e. The molecule has 0 bridgehead atoms. The van der Waals surface area contributed by atoms with Gasteiger partial charge in [0.2, 0.25) is 5.91 Å². The number of hydrogen-bond acceptors (Lipinski definition) is 5. The van der Waals surface area contributed by atoms with Crippen molar-refractivity contribution in [2.45, 2.75) is 31.4 Å². The Morgan fingerprint density at radius 2 is 2.50 bits per heavy atom. The number of carbonyl (C=O) groups is 1. The minimum atomic E-state index is -0.0255. The van der Waals surface area contributed by atoms with E-state index in [9.17, 15) is 4.79 Å². The van der Waals surface area contributed by atoms with Gasteiger partial charge in [0, 0.05) is 0 Å². The topological polar surface area (TPSA) is 67.0 Å². The minimum absolute atomic E-state index is 0.0255. The number of amidine groups is 1. The molecule has 6 heteroatoms. The first-order valence-electron chi connectivity index (χ1n) is 5.91. The molecule has 1 aliphatic rings. The number of furan rings is 1. The Balaban J connectivity index is 1.89. The van der Waals surface area contributed by atoms with Gasteiger partial charge in [0.05, 0.1) is 17.7 Å².